The Bertz CT molecular complexity index is 531. The highest BCUT2D eigenvalue weighted by Crippen LogP contribution is 2.19. The molecule has 114 valence electrons. The molecule has 0 fully saturated rings. The minimum atomic E-state index is -1.08. The molecule has 2 N–H and O–H groups in total. The summed E-state index contributed by atoms with van der Waals surface area (Å²) in [6, 6.07) is 3.00. The van der Waals surface area contributed by atoms with Crippen LogP contribution in [0.5, 0.6) is 0 Å². The van der Waals surface area contributed by atoms with E-state index in [0.717, 1.165) is 6.07 Å². The summed E-state index contributed by atoms with van der Waals surface area (Å²) in [7, 11) is 0. The Morgan fingerprint density at radius 1 is 1.33 bits per heavy atom. The standard InChI is InChI=1S/C13H14ClFN2O4/c1-2-6-16-13(20)17-10(18)7-21-12(19)11-8(14)4-3-5-9(11)15/h3-5H,2,6-7H2,1H3,(H2,16,17,18,20). The van der Waals surface area contributed by atoms with Gasteiger partial charge in [-0.15, -0.1) is 0 Å². The van der Waals surface area contributed by atoms with Crippen LogP contribution < -0.4 is 10.6 Å². The number of benzene rings is 1. The molecule has 21 heavy (non-hydrogen) atoms. The number of imide groups is 1. The largest absolute Gasteiger partial charge is 0.452 e. The van der Waals surface area contributed by atoms with Gasteiger partial charge in [0.15, 0.2) is 6.61 Å². The summed E-state index contributed by atoms with van der Waals surface area (Å²) in [6.45, 7) is 1.54. The Morgan fingerprint density at radius 3 is 2.67 bits per heavy atom. The molecule has 1 aromatic rings. The predicted molar refractivity (Wildman–Crippen MR) is 73.5 cm³/mol. The first-order valence-corrected chi connectivity index (χ1v) is 6.52. The molecule has 0 saturated heterocycles. The van der Waals surface area contributed by atoms with Crippen LogP contribution in [0.3, 0.4) is 0 Å². The van der Waals surface area contributed by atoms with Gasteiger partial charge < -0.3 is 10.1 Å². The van der Waals surface area contributed by atoms with E-state index in [0.29, 0.717) is 13.0 Å². The molecule has 6 nitrogen and oxygen atoms in total. The van der Waals surface area contributed by atoms with Crippen LogP contribution in [-0.4, -0.2) is 31.1 Å². The highest BCUT2D eigenvalue weighted by Gasteiger charge is 2.18. The Labute approximate surface area is 125 Å². The molecule has 1 aromatic carbocycles. The quantitative estimate of drug-likeness (QED) is 0.812. The van der Waals surface area contributed by atoms with Gasteiger partial charge in [-0.25, -0.2) is 14.0 Å². The molecule has 0 aliphatic rings. The molecule has 0 bridgehead atoms. The number of esters is 1. The average molecular weight is 317 g/mol. The van der Waals surface area contributed by atoms with Crippen LogP contribution in [0, 0.1) is 5.82 Å². The summed E-state index contributed by atoms with van der Waals surface area (Å²) in [5.74, 6) is -2.76. The normalized spacial score (nSPS) is 9.86. The lowest BCUT2D eigenvalue weighted by Gasteiger charge is -2.08. The maximum Gasteiger partial charge on any atom is 0.343 e. The molecular formula is C13H14ClFN2O4. The van der Waals surface area contributed by atoms with Gasteiger partial charge in [-0.3, -0.25) is 10.1 Å². The zero-order chi connectivity index (χ0) is 15.8. The molecule has 0 atom stereocenters. The van der Waals surface area contributed by atoms with Gasteiger partial charge in [0.2, 0.25) is 0 Å². The van der Waals surface area contributed by atoms with E-state index < -0.39 is 35.9 Å². The van der Waals surface area contributed by atoms with Gasteiger partial charge in [0, 0.05) is 6.54 Å². The number of rotatable bonds is 5. The van der Waals surface area contributed by atoms with Gasteiger partial charge in [0.25, 0.3) is 5.91 Å². The predicted octanol–water partition coefficient (Wildman–Crippen LogP) is 1.87. The number of amides is 3. The Kier molecular flexibility index (Phi) is 6.61. The van der Waals surface area contributed by atoms with E-state index in [1.165, 1.54) is 12.1 Å². The molecule has 0 aromatic heterocycles. The topological polar surface area (TPSA) is 84.5 Å². The highest BCUT2D eigenvalue weighted by molar-refractivity contribution is 6.33. The molecule has 1 rings (SSSR count). The van der Waals surface area contributed by atoms with Crippen LogP contribution in [0.1, 0.15) is 23.7 Å². The first kappa shape index (κ1) is 16.9. The van der Waals surface area contributed by atoms with Crippen molar-refractivity contribution >= 4 is 29.5 Å². The molecule has 0 unspecified atom stereocenters. The zero-order valence-electron chi connectivity index (χ0n) is 11.2. The highest BCUT2D eigenvalue weighted by atomic mass is 35.5. The Morgan fingerprint density at radius 2 is 2.05 bits per heavy atom. The van der Waals surface area contributed by atoms with Crippen LogP contribution in [-0.2, 0) is 9.53 Å². The fourth-order valence-corrected chi connectivity index (χ4v) is 1.58. The van der Waals surface area contributed by atoms with E-state index in [1.807, 2.05) is 12.2 Å². The van der Waals surface area contributed by atoms with E-state index in [-0.39, 0.29) is 5.02 Å². The van der Waals surface area contributed by atoms with E-state index >= 15 is 0 Å². The number of carbonyl (C=O) groups is 3. The van der Waals surface area contributed by atoms with E-state index in [1.54, 1.807) is 0 Å². The van der Waals surface area contributed by atoms with Crippen molar-refractivity contribution in [2.24, 2.45) is 0 Å². The van der Waals surface area contributed by atoms with Crippen LogP contribution in [0.2, 0.25) is 5.02 Å². The van der Waals surface area contributed by atoms with Crippen molar-refractivity contribution in [1.82, 2.24) is 10.6 Å². The molecule has 0 aliphatic carbocycles. The number of hydrogen-bond donors (Lipinski definition) is 2. The summed E-state index contributed by atoms with van der Waals surface area (Å²) in [5, 5.41) is 4.24. The van der Waals surface area contributed by atoms with E-state index in [4.69, 9.17) is 11.6 Å². The van der Waals surface area contributed by atoms with Gasteiger partial charge in [-0.1, -0.05) is 24.6 Å². The Hall–Kier alpha value is -2.15. The van der Waals surface area contributed by atoms with Gasteiger partial charge in [0.05, 0.1) is 5.02 Å². The minimum absolute atomic E-state index is 0.124. The lowest BCUT2D eigenvalue weighted by Crippen LogP contribution is -2.41. The lowest BCUT2D eigenvalue weighted by atomic mass is 10.2. The number of nitrogens with one attached hydrogen (secondary N) is 2. The molecule has 0 radical (unpaired) electrons. The molecule has 8 heteroatoms. The van der Waals surface area contributed by atoms with Gasteiger partial charge in [-0.05, 0) is 18.6 Å². The zero-order valence-corrected chi connectivity index (χ0v) is 12.0. The molecule has 0 spiro atoms. The molecule has 3 amide bonds. The third-order valence-corrected chi connectivity index (χ3v) is 2.60. The van der Waals surface area contributed by atoms with Crippen LogP contribution in [0.25, 0.3) is 0 Å². The number of carbonyl (C=O) groups excluding carboxylic acids is 3. The van der Waals surface area contributed by atoms with Crippen LogP contribution >= 0.6 is 11.6 Å². The van der Waals surface area contributed by atoms with E-state index in [2.05, 4.69) is 10.1 Å². The minimum Gasteiger partial charge on any atom is -0.452 e. The van der Waals surface area contributed by atoms with Crippen molar-refractivity contribution in [2.75, 3.05) is 13.2 Å². The maximum absolute atomic E-state index is 13.4. The van der Waals surface area contributed by atoms with E-state index in [9.17, 15) is 18.8 Å². The van der Waals surface area contributed by atoms with Gasteiger partial charge in [0.1, 0.15) is 11.4 Å². The second-order valence-corrected chi connectivity index (χ2v) is 4.38. The number of urea groups is 1. The third kappa shape index (κ3) is 5.39. The fourth-order valence-electron chi connectivity index (χ4n) is 1.34. The van der Waals surface area contributed by atoms with Gasteiger partial charge >= 0.3 is 12.0 Å². The van der Waals surface area contributed by atoms with Crippen molar-refractivity contribution in [1.29, 1.82) is 0 Å². The summed E-state index contributed by atoms with van der Waals surface area (Å²) >= 11 is 5.68. The molecular weight excluding hydrogens is 303 g/mol. The van der Waals surface area contributed by atoms with Crippen molar-refractivity contribution in [2.45, 2.75) is 13.3 Å². The van der Waals surface area contributed by atoms with Crippen molar-refractivity contribution < 1.29 is 23.5 Å². The smallest absolute Gasteiger partial charge is 0.343 e. The summed E-state index contributed by atoms with van der Waals surface area (Å²) in [5.41, 5.74) is -0.456. The number of halogens is 2. The lowest BCUT2D eigenvalue weighted by molar-refractivity contribution is -0.123. The summed E-state index contributed by atoms with van der Waals surface area (Å²) in [4.78, 5) is 34.1. The molecule has 0 saturated carbocycles. The molecule has 0 heterocycles. The van der Waals surface area contributed by atoms with Gasteiger partial charge in [-0.2, -0.15) is 0 Å². The van der Waals surface area contributed by atoms with Crippen LogP contribution in [0.4, 0.5) is 9.18 Å². The summed E-state index contributed by atoms with van der Waals surface area (Å²) in [6.07, 6.45) is 0.711. The first-order chi connectivity index (χ1) is 9.95. The second kappa shape index (κ2) is 8.21. The van der Waals surface area contributed by atoms with Crippen molar-refractivity contribution in [3.63, 3.8) is 0 Å². The summed E-state index contributed by atoms with van der Waals surface area (Å²) < 4.78 is 18.0. The first-order valence-electron chi connectivity index (χ1n) is 6.14. The maximum atomic E-state index is 13.4. The SMILES string of the molecule is CCCNC(=O)NC(=O)COC(=O)c1c(F)cccc1Cl. The Balaban J connectivity index is 2.50. The van der Waals surface area contributed by atoms with Crippen molar-refractivity contribution in [3.05, 3.63) is 34.6 Å². The molecule has 0 aliphatic heterocycles. The average Bonchev–Trinajstić information content (AvgIpc) is 2.42. The fraction of sp³-hybridized carbons (Fsp3) is 0.308. The second-order valence-electron chi connectivity index (χ2n) is 3.98. The number of ether oxygens (including phenoxy) is 1. The monoisotopic (exact) mass is 316 g/mol. The number of hydrogen-bond acceptors (Lipinski definition) is 4. The van der Waals surface area contributed by atoms with Crippen molar-refractivity contribution in [3.8, 4) is 0 Å². The third-order valence-electron chi connectivity index (χ3n) is 2.29. The van der Waals surface area contributed by atoms with Crippen LogP contribution in [0.15, 0.2) is 18.2 Å².